The minimum atomic E-state index is -3.82. The van der Waals surface area contributed by atoms with E-state index in [4.69, 9.17) is 0 Å². The minimum Gasteiger partial charge on any atom is -0.354 e. The number of hydrogen-bond donors (Lipinski definition) is 2. The van der Waals surface area contributed by atoms with E-state index in [1.165, 1.54) is 0 Å². The smallest absolute Gasteiger partial charge is 0.241 e. The van der Waals surface area contributed by atoms with Crippen LogP contribution < -0.4 is 10.6 Å². The number of nitrogens with one attached hydrogen (secondary N) is 2. The highest BCUT2D eigenvalue weighted by atomic mass is 32.2. The van der Waals surface area contributed by atoms with Crippen molar-refractivity contribution < 1.29 is 18.0 Å². The highest BCUT2D eigenvalue weighted by Gasteiger charge is 2.53. The van der Waals surface area contributed by atoms with Crippen LogP contribution in [0.1, 0.15) is 50.7 Å². The normalized spacial score (nSPS) is 16.3. The Morgan fingerprint density at radius 1 is 1.07 bits per heavy atom. The third kappa shape index (κ3) is 4.34. The lowest BCUT2D eigenvalue weighted by atomic mass is 10.1. The van der Waals surface area contributed by atoms with Crippen LogP contribution in [0.4, 0.5) is 0 Å². The predicted molar refractivity (Wildman–Crippen MR) is 105 cm³/mol. The molecule has 0 aromatic heterocycles. The zero-order chi connectivity index (χ0) is 20.2. The molecule has 1 aromatic rings. The first-order valence-corrected chi connectivity index (χ1v) is 11.0. The van der Waals surface area contributed by atoms with Gasteiger partial charge in [0.1, 0.15) is 0 Å². The summed E-state index contributed by atoms with van der Waals surface area (Å²) in [5.41, 5.74) is 1.51. The summed E-state index contributed by atoms with van der Waals surface area (Å²) in [5.74, 6) is -0.686. The number of aryl methyl sites for hydroxylation is 2. The number of hydrogen-bond acceptors (Lipinski definition) is 4. The Hall–Kier alpha value is -1.89. The van der Waals surface area contributed by atoms with Crippen LogP contribution in [-0.4, -0.2) is 38.1 Å². The van der Waals surface area contributed by atoms with E-state index < -0.39 is 20.5 Å². The molecular formula is C20H30N2O4S. The maximum absolute atomic E-state index is 13.5. The van der Waals surface area contributed by atoms with Crippen LogP contribution in [0.2, 0.25) is 0 Å². The molecule has 1 aliphatic rings. The van der Waals surface area contributed by atoms with E-state index in [1.807, 2.05) is 13.0 Å². The van der Waals surface area contributed by atoms with E-state index in [9.17, 15) is 18.0 Å². The van der Waals surface area contributed by atoms with Gasteiger partial charge in [0.2, 0.25) is 11.8 Å². The third-order valence-corrected chi connectivity index (χ3v) is 7.85. The summed E-state index contributed by atoms with van der Waals surface area (Å²) >= 11 is 0. The van der Waals surface area contributed by atoms with Crippen LogP contribution in [0, 0.1) is 19.8 Å². The number of amides is 2. The first kappa shape index (κ1) is 21.4. The molecule has 1 aliphatic carbocycles. The number of carbonyl (C=O) groups excluding carboxylic acids is 2. The van der Waals surface area contributed by atoms with E-state index in [0.717, 1.165) is 5.56 Å². The summed E-state index contributed by atoms with van der Waals surface area (Å²) in [7, 11) is -3.82. The molecule has 27 heavy (non-hydrogen) atoms. The minimum absolute atomic E-state index is 0.0946. The van der Waals surface area contributed by atoms with E-state index in [2.05, 4.69) is 10.6 Å². The highest BCUT2D eigenvalue weighted by Crippen LogP contribution is 2.41. The monoisotopic (exact) mass is 394 g/mol. The van der Waals surface area contributed by atoms with Crippen LogP contribution >= 0.6 is 0 Å². The van der Waals surface area contributed by atoms with Crippen molar-refractivity contribution in [3.8, 4) is 0 Å². The van der Waals surface area contributed by atoms with Gasteiger partial charge in [0.15, 0.2) is 14.6 Å². The molecule has 0 aliphatic heterocycles. The van der Waals surface area contributed by atoms with Gasteiger partial charge in [0.25, 0.3) is 0 Å². The molecule has 2 rings (SSSR count). The molecule has 1 aromatic carbocycles. The lowest BCUT2D eigenvalue weighted by Crippen LogP contribution is -2.52. The van der Waals surface area contributed by atoms with E-state index >= 15 is 0 Å². The van der Waals surface area contributed by atoms with Gasteiger partial charge in [-0.25, -0.2) is 8.42 Å². The topological polar surface area (TPSA) is 92.3 Å². The molecule has 2 amide bonds. The molecule has 0 saturated heterocycles. The highest BCUT2D eigenvalue weighted by molar-refractivity contribution is 7.93. The molecule has 0 spiro atoms. The fourth-order valence-corrected chi connectivity index (χ4v) is 5.89. The Kier molecular flexibility index (Phi) is 6.68. The lowest BCUT2D eigenvalue weighted by Gasteiger charge is -2.28. The van der Waals surface area contributed by atoms with Crippen LogP contribution in [0.15, 0.2) is 23.1 Å². The SMILES string of the molecule is Cc1ccc(C)c(S(=O)(=O)C2(C(=O)NCCNC(=O)C(C)C)CCCC2)c1. The molecule has 150 valence electrons. The second-order valence-corrected chi connectivity index (χ2v) is 9.90. The van der Waals surface area contributed by atoms with Crippen molar-refractivity contribution in [1.29, 1.82) is 0 Å². The fraction of sp³-hybridized carbons (Fsp3) is 0.600. The molecule has 7 heteroatoms. The van der Waals surface area contributed by atoms with Crippen LogP contribution in [0.5, 0.6) is 0 Å². The van der Waals surface area contributed by atoms with Crippen molar-refractivity contribution in [1.82, 2.24) is 10.6 Å². The molecule has 0 atom stereocenters. The van der Waals surface area contributed by atoms with Crippen molar-refractivity contribution in [2.45, 2.75) is 63.0 Å². The van der Waals surface area contributed by atoms with E-state index in [1.54, 1.807) is 32.9 Å². The molecule has 1 saturated carbocycles. The molecule has 0 heterocycles. The summed E-state index contributed by atoms with van der Waals surface area (Å²) in [5, 5.41) is 5.46. The maximum Gasteiger partial charge on any atom is 0.241 e. The first-order chi connectivity index (χ1) is 12.6. The second kappa shape index (κ2) is 8.42. The number of benzene rings is 1. The van der Waals surface area contributed by atoms with Crippen molar-refractivity contribution in [3.63, 3.8) is 0 Å². The Balaban J connectivity index is 2.20. The summed E-state index contributed by atoms with van der Waals surface area (Å²) in [6, 6.07) is 5.30. The summed E-state index contributed by atoms with van der Waals surface area (Å²) < 4.78 is 25.5. The zero-order valence-electron chi connectivity index (χ0n) is 16.6. The number of carbonyl (C=O) groups is 2. The summed E-state index contributed by atoms with van der Waals surface area (Å²) in [6.45, 7) is 7.67. The Labute approximate surface area is 162 Å². The van der Waals surface area contributed by atoms with Gasteiger partial charge >= 0.3 is 0 Å². The van der Waals surface area contributed by atoms with Gasteiger partial charge in [-0.3, -0.25) is 9.59 Å². The molecule has 1 fully saturated rings. The molecular weight excluding hydrogens is 364 g/mol. The average Bonchev–Trinajstić information content (AvgIpc) is 3.11. The Morgan fingerprint density at radius 3 is 2.26 bits per heavy atom. The van der Waals surface area contributed by atoms with Crippen LogP contribution in [-0.2, 0) is 19.4 Å². The molecule has 0 bridgehead atoms. The van der Waals surface area contributed by atoms with Gasteiger partial charge in [0.05, 0.1) is 4.90 Å². The Bertz CT molecular complexity index is 809. The summed E-state index contributed by atoms with van der Waals surface area (Å²) in [4.78, 5) is 24.8. The van der Waals surface area contributed by atoms with Gasteiger partial charge in [-0.2, -0.15) is 0 Å². The van der Waals surface area contributed by atoms with Crippen molar-refractivity contribution in [3.05, 3.63) is 29.3 Å². The quantitative estimate of drug-likeness (QED) is 0.694. The van der Waals surface area contributed by atoms with E-state index in [-0.39, 0.29) is 29.8 Å². The average molecular weight is 395 g/mol. The lowest BCUT2D eigenvalue weighted by molar-refractivity contribution is -0.125. The van der Waals surface area contributed by atoms with Gasteiger partial charge in [-0.05, 0) is 43.9 Å². The van der Waals surface area contributed by atoms with Crippen molar-refractivity contribution in [2.24, 2.45) is 5.92 Å². The summed E-state index contributed by atoms with van der Waals surface area (Å²) in [6.07, 6.45) is 2.07. The van der Waals surface area contributed by atoms with Crippen molar-refractivity contribution >= 4 is 21.7 Å². The van der Waals surface area contributed by atoms with E-state index in [0.29, 0.717) is 31.2 Å². The van der Waals surface area contributed by atoms with Crippen LogP contribution in [0.3, 0.4) is 0 Å². The van der Waals surface area contributed by atoms with Crippen LogP contribution in [0.25, 0.3) is 0 Å². The van der Waals surface area contributed by atoms with Gasteiger partial charge in [0, 0.05) is 19.0 Å². The van der Waals surface area contributed by atoms with Gasteiger partial charge < -0.3 is 10.6 Å². The van der Waals surface area contributed by atoms with Gasteiger partial charge in [-0.1, -0.05) is 38.8 Å². The molecule has 0 unspecified atom stereocenters. The Morgan fingerprint density at radius 2 is 1.67 bits per heavy atom. The maximum atomic E-state index is 13.5. The second-order valence-electron chi connectivity index (χ2n) is 7.68. The molecule has 2 N–H and O–H groups in total. The van der Waals surface area contributed by atoms with Gasteiger partial charge in [-0.15, -0.1) is 0 Å². The number of rotatable bonds is 7. The molecule has 6 nitrogen and oxygen atoms in total. The predicted octanol–water partition coefficient (Wildman–Crippen LogP) is 2.28. The fourth-order valence-electron chi connectivity index (χ4n) is 3.50. The standard InChI is InChI=1S/C20H30N2O4S/c1-14(2)18(23)21-11-12-22-19(24)20(9-5-6-10-20)27(25,26)17-13-15(3)7-8-16(17)4/h7-8,13-14H,5-6,9-12H2,1-4H3,(H,21,23)(H,22,24). The first-order valence-electron chi connectivity index (χ1n) is 9.50. The number of sulfone groups is 1. The third-order valence-electron chi connectivity index (χ3n) is 5.21. The van der Waals surface area contributed by atoms with Crippen molar-refractivity contribution in [2.75, 3.05) is 13.1 Å². The zero-order valence-corrected chi connectivity index (χ0v) is 17.4. The molecule has 0 radical (unpaired) electrons. The largest absolute Gasteiger partial charge is 0.354 e.